The van der Waals surface area contributed by atoms with E-state index in [0.717, 1.165) is 0 Å². The van der Waals surface area contributed by atoms with Crippen molar-refractivity contribution in [3.05, 3.63) is 0 Å². The van der Waals surface area contributed by atoms with Crippen LogP contribution in [-0.4, -0.2) is 40.1 Å². The van der Waals surface area contributed by atoms with E-state index in [2.05, 4.69) is 0 Å². The van der Waals surface area contributed by atoms with E-state index in [1.54, 1.807) is 0 Å². The number of nitrogens with zero attached hydrogens (tertiary/aromatic N) is 1. The minimum Gasteiger partial charge on any atom is -0.772 e. The number of hydrogen-bond donors (Lipinski definition) is 0. The molecule has 1 unspecified atom stereocenters. The summed E-state index contributed by atoms with van der Waals surface area (Å²) in [6.07, 6.45) is 0. The van der Waals surface area contributed by atoms with E-state index in [-0.39, 0.29) is 202 Å². The Hall–Kier alpha value is 6.69. The van der Waals surface area contributed by atoms with Gasteiger partial charge in [0.1, 0.15) is 0 Å². The largest absolute Gasteiger partial charge is 0.772 e. The zero-order chi connectivity index (χ0) is 6.57. The van der Waals surface area contributed by atoms with Crippen molar-refractivity contribution in [2.45, 2.75) is 0 Å². The van der Waals surface area contributed by atoms with Crippen LogP contribution in [-0.2, 0) is 207 Å². The third kappa shape index (κ3) is 42.8. The first-order valence-corrected chi connectivity index (χ1v) is 3.58. The van der Waals surface area contributed by atoms with Gasteiger partial charge >= 0.3 is 0 Å². The number of rotatable bonds is 3. The van der Waals surface area contributed by atoms with Gasteiger partial charge in [0.15, 0.2) is 0 Å². The smallest absolute Gasteiger partial charge is 0.0229 e. The molecule has 10 heteroatoms. The van der Waals surface area contributed by atoms with Crippen molar-refractivity contribution >= 4 is 11.1 Å². The second kappa shape index (κ2) is 31.9. The fraction of sp³-hybridized carbons (Fsp3) is 1.00. The molecular formula is C4H10NO2SY6-. The van der Waals surface area contributed by atoms with Gasteiger partial charge in [-0.15, -0.1) is 0 Å². The maximum Gasteiger partial charge on any atom is 0.0229 e. The van der Waals surface area contributed by atoms with Gasteiger partial charge < -0.3 is 9.45 Å². The first kappa shape index (κ1) is 42.8. The second-order valence-corrected chi connectivity index (χ2v) is 2.83. The monoisotopic (exact) mass is 669 g/mol. The molecule has 0 saturated carbocycles. The maximum atomic E-state index is 9.88. The first-order chi connectivity index (χ1) is 3.63. The molecule has 0 aromatic heterocycles. The van der Waals surface area contributed by atoms with Gasteiger partial charge in [-0.25, -0.2) is 0 Å². The molecule has 0 aliphatic heterocycles. The van der Waals surface area contributed by atoms with Crippen molar-refractivity contribution in [3.8, 4) is 0 Å². The molecule has 6 radical (unpaired) electrons. The second-order valence-electron chi connectivity index (χ2n) is 1.81. The Kier molecular flexibility index (Phi) is 97.4. The van der Waals surface area contributed by atoms with Crippen LogP contribution >= 0.6 is 0 Å². The summed E-state index contributed by atoms with van der Waals surface area (Å²) in [5.41, 5.74) is 0. The summed E-state index contributed by atoms with van der Waals surface area (Å²) in [4.78, 5) is 1.83. The van der Waals surface area contributed by atoms with Crippen molar-refractivity contribution in [2.24, 2.45) is 0 Å². The molecule has 3 nitrogen and oxygen atoms in total. The average molecular weight is 670 g/mol. The van der Waals surface area contributed by atoms with Crippen LogP contribution < -0.4 is 0 Å². The van der Waals surface area contributed by atoms with Crippen LogP contribution in [0.5, 0.6) is 0 Å². The van der Waals surface area contributed by atoms with E-state index in [9.17, 15) is 8.76 Å². The molecule has 0 fully saturated rings. The average Bonchev–Trinajstić information content (AvgIpc) is 1.61. The molecule has 14 heavy (non-hydrogen) atoms. The summed E-state index contributed by atoms with van der Waals surface area (Å²) in [5, 5.41) is 0. The molecule has 0 amide bonds. The summed E-state index contributed by atoms with van der Waals surface area (Å²) in [5.74, 6) is 0.229. The molecule has 0 saturated heterocycles. The normalized spacial score (nSPS) is 8.29. The number of hydrogen-bond acceptors (Lipinski definition) is 3. The topological polar surface area (TPSA) is 43.4 Å². The van der Waals surface area contributed by atoms with Crippen molar-refractivity contribution in [1.82, 2.24) is 4.90 Å². The fourth-order valence-electron chi connectivity index (χ4n) is 0.257. The molecule has 0 spiro atoms. The molecule has 68 valence electrons. The van der Waals surface area contributed by atoms with Crippen LogP contribution in [0.2, 0.25) is 0 Å². The molecule has 0 aliphatic rings. The Labute approximate surface area is 240 Å². The van der Waals surface area contributed by atoms with Crippen LogP contribution in [0.4, 0.5) is 0 Å². The van der Waals surface area contributed by atoms with Crippen LogP contribution in [0.15, 0.2) is 0 Å². The summed E-state index contributed by atoms with van der Waals surface area (Å²) in [7, 11) is 3.68. The third-order valence-corrected chi connectivity index (χ3v) is 1.22. The standard InChI is InChI=1S/C4H11NO2S.6Y/c1-5(2)3-4-8(6)7;;;;;;/h3-4H2,1-2H3,(H,6,7);;;;;;/p-1. The summed E-state index contributed by atoms with van der Waals surface area (Å²) < 4.78 is 19.8. The van der Waals surface area contributed by atoms with Gasteiger partial charge in [0.2, 0.25) is 0 Å². The zero-order valence-electron chi connectivity index (χ0n) is 8.55. The summed E-state index contributed by atoms with van der Waals surface area (Å²) in [6, 6.07) is 0. The van der Waals surface area contributed by atoms with E-state index < -0.39 is 11.1 Å². The van der Waals surface area contributed by atoms with Crippen LogP contribution in [0.3, 0.4) is 0 Å². The predicted molar refractivity (Wildman–Crippen MR) is 32.3 cm³/mol. The summed E-state index contributed by atoms with van der Waals surface area (Å²) >= 11 is -1.88. The maximum absolute atomic E-state index is 9.88. The quantitative estimate of drug-likeness (QED) is 0.378. The molecule has 0 bridgehead atoms. The Bertz CT molecular complexity index is 97.9. The fourth-order valence-corrected chi connectivity index (χ4v) is 0.771. The molecule has 0 rings (SSSR count). The van der Waals surface area contributed by atoms with Gasteiger partial charge in [0.25, 0.3) is 0 Å². The zero-order valence-corrected chi connectivity index (χ0v) is 26.4. The van der Waals surface area contributed by atoms with Crippen LogP contribution in [0, 0.1) is 0 Å². The van der Waals surface area contributed by atoms with E-state index >= 15 is 0 Å². The minimum absolute atomic E-state index is 0. The van der Waals surface area contributed by atoms with E-state index in [4.69, 9.17) is 0 Å². The van der Waals surface area contributed by atoms with Crippen molar-refractivity contribution in [3.63, 3.8) is 0 Å². The van der Waals surface area contributed by atoms with Crippen LogP contribution in [0.1, 0.15) is 0 Å². The predicted octanol–water partition coefficient (Wildman–Crippen LogP) is -0.588. The SMILES string of the molecule is CN(C)CCS(=O)[O-].[Y].[Y].[Y].[Y].[Y].[Y]. The van der Waals surface area contributed by atoms with E-state index in [1.165, 1.54) is 0 Å². The minimum atomic E-state index is -1.88. The van der Waals surface area contributed by atoms with Gasteiger partial charge in [-0.05, 0) is 14.1 Å². The van der Waals surface area contributed by atoms with Gasteiger partial charge in [-0.2, -0.15) is 0 Å². The molecule has 0 heterocycles. The van der Waals surface area contributed by atoms with Gasteiger partial charge in [-0.1, -0.05) is 11.1 Å². The molecule has 0 aromatic rings. The molecule has 0 aliphatic carbocycles. The Morgan fingerprint density at radius 2 is 1.29 bits per heavy atom. The van der Waals surface area contributed by atoms with E-state index in [1.807, 2.05) is 19.0 Å². The van der Waals surface area contributed by atoms with Gasteiger partial charge in [0, 0.05) is 209 Å². The molecular weight excluding hydrogens is 660 g/mol. The molecule has 1 atom stereocenters. The van der Waals surface area contributed by atoms with Crippen molar-refractivity contribution in [2.75, 3.05) is 26.4 Å². The third-order valence-electron chi connectivity index (χ3n) is 0.705. The molecule has 0 N–H and O–H groups in total. The van der Waals surface area contributed by atoms with Crippen LogP contribution in [0.25, 0.3) is 0 Å². The molecule has 0 aromatic carbocycles. The Morgan fingerprint density at radius 1 is 1.00 bits per heavy atom. The summed E-state index contributed by atoms with van der Waals surface area (Å²) in [6.45, 7) is 0.607. The Balaban J connectivity index is -0.0000000163. The van der Waals surface area contributed by atoms with Crippen molar-refractivity contribution < 1.29 is 205 Å². The van der Waals surface area contributed by atoms with Gasteiger partial charge in [0.05, 0.1) is 0 Å². The van der Waals surface area contributed by atoms with Gasteiger partial charge in [-0.3, -0.25) is 4.21 Å². The first-order valence-electron chi connectivity index (χ1n) is 2.33. The Morgan fingerprint density at radius 3 is 1.36 bits per heavy atom. The van der Waals surface area contributed by atoms with E-state index in [0.29, 0.717) is 6.54 Å². The van der Waals surface area contributed by atoms with Crippen molar-refractivity contribution in [1.29, 1.82) is 0 Å².